The smallest absolute Gasteiger partial charge is 0.411 e. The van der Waals surface area contributed by atoms with Crippen LogP contribution in [-0.2, 0) is 4.74 Å². The molecule has 0 aromatic heterocycles. The van der Waals surface area contributed by atoms with Crippen molar-refractivity contribution in [3.63, 3.8) is 0 Å². The molecule has 1 atom stereocenters. The maximum atomic E-state index is 13.7. The highest BCUT2D eigenvalue weighted by Gasteiger charge is 2.28. The number of hydrazine groups is 1. The van der Waals surface area contributed by atoms with E-state index in [1.54, 1.807) is 0 Å². The van der Waals surface area contributed by atoms with Gasteiger partial charge in [0.05, 0.1) is 19.8 Å². The summed E-state index contributed by atoms with van der Waals surface area (Å²) in [6.45, 7) is -1.82. The molecule has 3 N–H and O–H groups in total. The van der Waals surface area contributed by atoms with Gasteiger partial charge < -0.3 is 9.47 Å². The summed E-state index contributed by atoms with van der Waals surface area (Å²) in [5, 5.41) is 0. The quantitative estimate of drug-likeness (QED) is 0.475. The summed E-state index contributed by atoms with van der Waals surface area (Å²) in [6.07, 6.45) is -4.43. The topological polar surface area (TPSA) is 56.5 Å². The van der Waals surface area contributed by atoms with Crippen LogP contribution < -0.4 is 16.0 Å². The van der Waals surface area contributed by atoms with Crippen LogP contribution in [0.5, 0.6) is 5.75 Å². The van der Waals surface area contributed by atoms with Crippen molar-refractivity contribution in [3.8, 4) is 5.75 Å². The average molecular weight is 282 g/mol. The van der Waals surface area contributed by atoms with E-state index in [-0.39, 0.29) is 5.56 Å². The van der Waals surface area contributed by atoms with Crippen molar-refractivity contribution in [3.05, 3.63) is 29.6 Å². The highest BCUT2D eigenvalue weighted by molar-refractivity contribution is 5.30. The summed E-state index contributed by atoms with van der Waals surface area (Å²) in [7, 11) is 1.37. The van der Waals surface area contributed by atoms with Crippen LogP contribution in [0.4, 0.5) is 17.6 Å². The van der Waals surface area contributed by atoms with Crippen LogP contribution in [0.25, 0.3) is 0 Å². The predicted octanol–water partition coefficient (Wildman–Crippen LogP) is 1.92. The zero-order valence-electron chi connectivity index (χ0n) is 10.1. The molecule has 0 saturated heterocycles. The van der Waals surface area contributed by atoms with Crippen molar-refractivity contribution in [2.24, 2.45) is 5.84 Å². The third-order valence-electron chi connectivity index (χ3n) is 2.33. The molecule has 108 valence electrons. The molecule has 0 fully saturated rings. The molecule has 8 heteroatoms. The Morgan fingerprint density at radius 3 is 2.53 bits per heavy atom. The Morgan fingerprint density at radius 2 is 2.05 bits per heavy atom. The fraction of sp³-hybridized carbons (Fsp3) is 0.455. The second-order valence-corrected chi connectivity index (χ2v) is 3.74. The number of halogens is 4. The minimum atomic E-state index is -4.43. The first kappa shape index (κ1) is 15.7. The Bertz CT molecular complexity index is 412. The largest absolute Gasteiger partial charge is 0.497 e. The first-order valence-electron chi connectivity index (χ1n) is 5.31. The molecule has 1 rings (SSSR count). The molecule has 0 bridgehead atoms. The van der Waals surface area contributed by atoms with Crippen molar-refractivity contribution in [1.29, 1.82) is 0 Å². The van der Waals surface area contributed by atoms with Gasteiger partial charge in [-0.25, -0.2) is 4.39 Å². The van der Waals surface area contributed by atoms with Crippen LogP contribution in [0.3, 0.4) is 0 Å². The minimum Gasteiger partial charge on any atom is -0.497 e. The van der Waals surface area contributed by atoms with Crippen LogP contribution in [0.2, 0.25) is 0 Å². The number of hydrogen-bond acceptors (Lipinski definition) is 4. The van der Waals surface area contributed by atoms with E-state index >= 15 is 0 Å². The van der Waals surface area contributed by atoms with Crippen molar-refractivity contribution in [2.75, 3.05) is 20.3 Å². The van der Waals surface area contributed by atoms with E-state index in [9.17, 15) is 17.6 Å². The van der Waals surface area contributed by atoms with Crippen LogP contribution in [-0.4, -0.2) is 26.5 Å². The van der Waals surface area contributed by atoms with E-state index < -0.39 is 31.2 Å². The lowest BCUT2D eigenvalue weighted by atomic mass is 10.1. The second-order valence-electron chi connectivity index (χ2n) is 3.74. The number of nitrogens with two attached hydrogens (primary N) is 1. The molecule has 4 nitrogen and oxygen atoms in total. The number of ether oxygens (including phenoxy) is 2. The van der Waals surface area contributed by atoms with E-state index in [1.807, 2.05) is 0 Å². The summed E-state index contributed by atoms with van der Waals surface area (Å²) in [4.78, 5) is 0. The zero-order valence-corrected chi connectivity index (χ0v) is 10.1. The normalized spacial score (nSPS) is 13.4. The highest BCUT2D eigenvalue weighted by atomic mass is 19.4. The Balaban J connectivity index is 2.69. The van der Waals surface area contributed by atoms with Crippen molar-refractivity contribution < 1.29 is 27.0 Å². The van der Waals surface area contributed by atoms with Gasteiger partial charge in [-0.15, -0.1) is 0 Å². The highest BCUT2D eigenvalue weighted by Crippen LogP contribution is 2.22. The first-order chi connectivity index (χ1) is 8.87. The van der Waals surface area contributed by atoms with Gasteiger partial charge in [-0.2, -0.15) is 13.2 Å². The van der Waals surface area contributed by atoms with Crippen LogP contribution >= 0.6 is 0 Å². The van der Waals surface area contributed by atoms with Gasteiger partial charge in [0.15, 0.2) is 0 Å². The molecule has 0 aliphatic carbocycles. The van der Waals surface area contributed by atoms with Gasteiger partial charge in [-0.05, 0) is 6.07 Å². The standard InChI is InChI=1S/C11H14F4N2O2/c1-18-7-2-3-8(9(12)4-7)10(17-16)5-19-6-11(13,14)15/h2-4,10,17H,5-6,16H2,1H3. The van der Waals surface area contributed by atoms with E-state index in [0.29, 0.717) is 5.75 Å². The fourth-order valence-corrected chi connectivity index (χ4v) is 1.44. The van der Waals surface area contributed by atoms with Crippen molar-refractivity contribution >= 4 is 0 Å². The molecular weight excluding hydrogens is 268 g/mol. The number of methoxy groups -OCH3 is 1. The van der Waals surface area contributed by atoms with Crippen molar-refractivity contribution in [1.82, 2.24) is 5.43 Å². The van der Waals surface area contributed by atoms with Gasteiger partial charge >= 0.3 is 6.18 Å². The summed E-state index contributed by atoms with van der Waals surface area (Å²) in [5.41, 5.74) is 2.31. The lowest BCUT2D eigenvalue weighted by molar-refractivity contribution is -0.175. The van der Waals surface area contributed by atoms with Gasteiger partial charge in [0.2, 0.25) is 0 Å². The molecule has 1 aromatic rings. The summed E-state index contributed by atoms with van der Waals surface area (Å²) >= 11 is 0. The molecule has 0 heterocycles. The molecule has 0 saturated carbocycles. The number of hydrogen-bond donors (Lipinski definition) is 2. The van der Waals surface area contributed by atoms with Gasteiger partial charge in [0.1, 0.15) is 18.2 Å². The van der Waals surface area contributed by atoms with Crippen LogP contribution in [0, 0.1) is 5.82 Å². The Labute approximate surface area is 107 Å². The van der Waals surface area contributed by atoms with Gasteiger partial charge in [0, 0.05) is 11.6 Å². The lowest BCUT2D eigenvalue weighted by Crippen LogP contribution is -2.33. The third kappa shape index (κ3) is 5.01. The Hall–Kier alpha value is -1.38. The fourth-order valence-electron chi connectivity index (χ4n) is 1.44. The average Bonchev–Trinajstić information content (AvgIpc) is 2.34. The Kier molecular flexibility index (Phi) is 5.52. The van der Waals surface area contributed by atoms with Crippen LogP contribution in [0.1, 0.15) is 11.6 Å². The monoisotopic (exact) mass is 282 g/mol. The molecule has 0 aliphatic heterocycles. The number of rotatable bonds is 6. The molecule has 0 aliphatic rings. The summed E-state index contributed by atoms with van der Waals surface area (Å²) < 4.78 is 58.7. The second kappa shape index (κ2) is 6.69. The van der Waals surface area contributed by atoms with E-state index in [0.717, 1.165) is 6.07 Å². The van der Waals surface area contributed by atoms with Gasteiger partial charge in [0.25, 0.3) is 0 Å². The van der Waals surface area contributed by atoms with E-state index in [4.69, 9.17) is 10.6 Å². The zero-order chi connectivity index (χ0) is 14.5. The van der Waals surface area contributed by atoms with Gasteiger partial charge in [-0.3, -0.25) is 11.3 Å². The number of alkyl halides is 3. The van der Waals surface area contributed by atoms with Crippen LogP contribution in [0.15, 0.2) is 18.2 Å². The predicted molar refractivity (Wildman–Crippen MR) is 59.9 cm³/mol. The molecule has 0 amide bonds. The number of benzene rings is 1. The molecule has 0 radical (unpaired) electrons. The lowest BCUT2D eigenvalue weighted by Gasteiger charge is -2.18. The summed E-state index contributed by atoms with van der Waals surface area (Å²) in [6, 6.07) is 3.08. The van der Waals surface area contributed by atoms with E-state index in [1.165, 1.54) is 19.2 Å². The first-order valence-corrected chi connectivity index (χ1v) is 5.31. The van der Waals surface area contributed by atoms with Crippen molar-refractivity contribution in [2.45, 2.75) is 12.2 Å². The Morgan fingerprint density at radius 1 is 1.37 bits per heavy atom. The SMILES string of the molecule is COc1ccc(C(COCC(F)(F)F)NN)c(F)c1. The molecular formula is C11H14F4N2O2. The molecule has 1 aromatic carbocycles. The third-order valence-corrected chi connectivity index (χ3v) is 2.33. The number of nitrogens with one attached hydrogen (secondary N) is 1. The molecule has 1 unspecified atom stereocenters. The minimum absolute atomic E-state index is 0.102. The maximum Gasteiger partial charge on any atom is 0.411 e. The summed E-state index contributed by atoms with van der Waals surface area (Å²) in [5.74, 6) is 4.84. The van der Waals surface area contributed by atoms with E-state index in [2.05, 4.69) is 10.2 Å². The molecule has 19 heavy (non-hydrogen) atoms. The maximum absolute atomic E-state index is 13.7. The molecule has 0 spiro atoms. The van der Waals surface area contributed by atoms with Gasteiger partial charge in [-0.1, -0.05) is 6.07 Å².